The topological polar surface area (TPSA) is 49.8 Å². The number of benzene rings is 2. The molecule has 2 aromatic carbocycles. The lowest BCUT2D eigenvalue weighted by Gasteiger charge is -2.32. The van der Waals surface area contributed by atoms with E-state index in [1.54, 1.807) is 11.9 Å². The summed E-state index contributed by atoms with van der Waals surface area (Å²) in [6.45, 7) is 5.72. The highest BCUT2D eigenvalue weighted by Gasteiger charge is 2.29. The summed E-state index contributed by atoms with van der Waals surface area (Å²) in [5.74, 6) is 0.584. The van der Waals surface area contributed by atoms with Gasteiger partial charge in [-0.1, -0.05) is 55.5 Å². The van der Waals surface area contributed by atoms with E-state index >= 15 is 0 Å². The van der Waals surface area contributed by atoms with E-state index in [2.05, 4.69) is 0 Å². The summed E-state index contributed by atoms with van der Waals surface area (Å²) in [6.07, 6.45) is -0.756. The van der Waals surface area contributed by atoms with Crippen molar-refractivity contribution in [3.05, 3.63) is 65.7 Å². The van der Waals surface area contributed by atoms with E-state index in [0.717, 1.165) is 11.1 Å². The second-order valence-electron chi connectivity index (χ2n) is 6.33. The summed E-state index contributed by atoms with van der Waals surface area (Å²) in [7, 11) is 1.71. The van der Waals surface area contributed by atoms with Gasteiger partial charge in [-0.05, 0) is 37.5 Å². The maximum Gasteiger partial charge on any atom is 0.263 e. The molecule has 25 heavy (non-hydrogen) atoms. The Labute approximate surface area is 150 Å². The Kier molecular flexibility index (Phi) is 6.59. The van der Waals surface area contributed by atoms with Crippen LogP contribution in [-0.2, 0) is 4.79 Å². The fourth-order valence-electron chi connectivity index (χ4n) is 2.72. The van der Waals surface area contributed by atoms with Crippen LogP contribution in [0.4, 0.5) is 0 Å². The molecule has 0 saturated heterocycles. The second kappa shape index (κ2) is 8.67. The second-order valence-corrected chi connectivity index (χ2v) is 6.33. The van der Waals surface area contributed by atoms with Crippen molar-refractivity contribution in [3.63, 3.8) is 0 Å². The SMILES string of the molecule is CCC(Oc1ccccc1C)C(=O)N(C)C(C)C(O)c1ccccc1. The number of likely N-dealkylation sites (N-methyl/N-ethyl adjacent to an activating group) is 1. The van der Waals surface area contributed by atoms with Crippen molar-refractivity contribution in [2.24, 2.45) is 0 Å². The lowest BCUT2D eigenvalue weighted by atomic mass is 10.0. The number of rotatable bonds is 7. The molecule has 0 aromatic heterocycles. The van der Waals surface area contributed by atoms with E-state index in [0.29, 0.717) is 12.2 Å². The van der Waals surface area contributed by atoms with Crippen molar-refractivity contribution in [3.8, 4) is 5.75 Å². The Morgan fingerprint density at radius 3 is 2.32 bits per heavy atom. The van der Waals surface area contributed by atoms with E-state index in [1.165, 1.54) is 0 Å². The van der Waals surface area contributed by atoms with Crippen molar-refractivity contribution < 1.29 is 14.6 Å². The van der Waals surface area contributed by atoms with Crippen molar-refractivity contribution in [2.45, 2.75) is 45.4 Å². The molecule has 2 rings (SSSR count). The molecule has 4 nitrogen and oxygen atoms in total. The first kappa shape index (κ1) is 19.0. The van der Waals surface area contributed by atoms with Gasteiger partial charge in [0.25, 0.3) is 5.91 Å². The van der Waals surface area contributed by atoms with Crippen LogP contribution < -0.4 is 4.74 Å². The first-order valence-electron chi connectivity index (χ1n) is 8.67. The number of para-hydroxylation sites is 1. The van der Waals surface area contributed by atoms with Gasteiger partial charge in [-0.2, -0.15) is 0 Å². The van der Waals surface area contributed by atoms with Gasteiger partial charge in [0.15, 0.2) is 6.10 Å². The third-order valence-electron chi connectivity index (χ3n) is 4.57. The van der Waals surface area contributed by atoms with Crippen LogP contribution in [0.5, 0.6) is 5.75 Å². The standard InChI is InChI=1S/C21H27NO3/c1-5-18(25-19-14-10-9-11-15(19)2)21(24)22(4)16(3)20(23)17-12-7-6-8-13-17/h6-14,16,18,20,23H,5H2,1-4H3. The lowest BCUT2D eigenvalue weighted by molar-refractivity contribution is -0.141. The molecule has 1 amide bonds. The molecule has 3 atom stereocenters. The Morgan fingerprint density at radius 1 is 1.12 bits per heavy atom. The Bertz CT molecular complexity index is 687. The first-order chi connectivity index (χ1) is 12.0. The monoisotopic (exact) mass is 341 g/mol. The van der Waals surface area contributed by atoms with Crippen molar-refractivity contribution in [1.29, 1.82) is 0 Å². The predicted octanol–water partition coefficient (Wildman–Crippen LogP) is 3.73. The summed E-state index contributed by atoms with van der Waals surface area (Å²) in [4.78, 5) is 14.4. The Morgan fingerprint density at radius 2 is 1.72 bits per heavy atom. The van der Waals surface area contributed by atoms with Gasteiger partial charge < -0.3 is 14.7 Å². The van der Waals surface area contributed by atoms with Crippen molar-refractivity contribution >= 4 is 5.91 Å². The molecular weight excluding hydrogens is 314 g/mol. The molecule has 0 aliphatic heterocycles. The maximum atomic E-state index is 12.9. The summed E-state index contributed by atoms with van der Waals surface area (Å²) in [5, 5.41) is 10.6. The van der Waals surface area contributed by atoms with Crippen LogP contribution >= 0.6 is 0 Å². The van der Waals surface area contributed by atoms with E-state index in [4.69, 9.17) is 4.74 Å². The Hall–Kier alpha value is -2.33. The van der Waals surface area contributed by atoms with Crippen LogP contribution in [0.2, 0.25) is 0 Å². The van der Waals surface area contributed by atoms with Gasteiger partial charge >= 0.3 is 0 Å². The molecule has 1 N–H and O–H groups in total. The molecule has 0 heterocycles. The number of aliphatic hydroxyl groups excluding tert-OH is 1. The first-order valence-corrected chi connectivity index (χ1v) is 8.67. The number of nitrogens with zero attached hydrogens (tertiary/aromatic N) is 1. The average molecular weight is 341 g/mol. The van der Waals surface area contributed by atoms with Gasteiger partial charge in [-0.15, -0.1) is 0 Å². The third kappa shape index (κ3) is 4.60. The van der Waals surface area contributed by atoms with Crippen LogP contribution in [0.1, 0.15) is 37.5 Å². The smallest absolute Gasteiger partial charge is 0.263 e. The van der Waals surface area contributed by atoms with E-state index < -0.39 is 12.2 Å². The van der Waals surface area contributed by atoms with Crippen molar-refractivity contribution in [2.75, 3.05) is 7.05 Å². The minimum Gasteiger partial charge on any atom is -0.480 e. The summed E-state index contributed by atoms with van der Waals surface area (Å²) in [6, 6.07) is 16.7. The minimum absolute atomic E-state index is 0.131. The van der Waals surface area contributed by atoms with Gasteiger partial charge in [0.05, 0.1) is 12.1 Å². The number of carbonyl (C=O) groups is 1. The van der Waals surface area contributed by atoms with Crippen LogP contribution in [-0.4, -0.2) is 35.1 Å². The molecule has 0 radical (unpaired) electrons. The Balaban J connectivity index is 2.09. The predicted molar refractivity (Wildman–Crippen MR) is 99.5 cm³/mol. The van der Waals surface area contributed by atoms with E-state index in [-0.39, 0.29) is 11.9 Å². The van der Waals surface area contributed by atoms with Gasteiger partial charge in [0, 0.05) is 7.05 Å². The molecule has 3 unspecified atom stereocenters. The zero-order valence-corrected chi connectivity index (χ0v) is 15.3. The fourth-order valence-corrected chi connectivity index (χ4v) is 2.72. The molecular formula is C21H27NO3. The molecule has 0 spiro atoms. The minimum atomic E-state index is -0.744. The van der Waals surface area contributed by atoms with Crippen molar-refractivity contribution in [1.82, 2.24) is 4.90 Å². The highest BCUT2D eigenvalue weighted by molar-refractivity contribution is 5.81. The normalized spacial score (nSPS) is 14.4. The van der Waals surface area contributed by atoms with Gasteiger partial charge in [0.1, 0.15) is 5.75 Å². The highest BCUT2D eigenvalue weighted by atomic mass is 16.5. The molecule has 0 saturated carbocycles. The number of hydrogen-bond acceptors (Lipinski definition) is 3. The van der Waals surface area contributed by atoms with Crippen LogP contribution in [0, 0.1) is 6.92 Å². The summed E-state index contributed by atoms with van der Waals surface area (Å²) < 4.78 is 5.94. The number of ether oxygens (including phenoxy) is 1. The number of hydrogen-bond donors (Lipinski definition) is 1. The van der Waals surface area contributed by atoms with E-state index in [9.17, 15) is 9.90 Å². The van der Waals surface area contributed by atoms with Gasteiger partial charge in [-0.3, -0.25) is 4.79 Å². The van der Waals surface area contributed by atoms with Gasteiger partial charge in [-0.25, -0.2) is 0 Å². The molecule has 134 valence electrons. The molecule has 0 bridgehead atoms. The third-order valence-corrected chi connectivity index (χ3v) is 4.57. The van der Waals surface area contributed by atoms with Gasteiger partial charge in [0.2, 0.25) is 0 Å². The number of amides is 1. The average Bonchev–Trinajstić information content (AvgIpc) is 2.65. The van der Waals surface area contributed by atoms with Crippen LogP contribution in [0.25, 0.3) is 0 Å². The lowest BCUT2D eigenvalue weighted by Crippen LogP contribution is -2.46. The molecule has 0 aliphatic rings. The molecule has 2 aromatic rings. The molecule has 0 fully saturated rings. The van der Waals surface area contributed by atoms with E-state index in [1.807, 2.05) is 75.4 Å². The number of aryl methyl sites for hydroxylation is 1. The highest BCUT2D eigenvalue weighted by Crippen LogP contribution is 2.23. The fraction of sp³-hybridized carbons (Fsp3) is 0.381. The maximum absolute atomic E-state index is 12.9. The molecule has 4 heteroatoms. The largest absolute Gasteiger partial charge is 0.480 e. The summed E-state index contributed by atoms with van der Waals surface area (Å²) in [5.41, 5.74) is 1.79. The quantitative estimate of drug-likeness (QED) is 0.835. The zero-order valence-electron chi connectivity index (χ0n) is 15.3. The van der Waals surface area contributed by atoms with Crippen LogP contribution in [0.15, 0.2) is 54.6 Å². The van der Waals surface area contributed by atoms with Crippen LogP contribution in [0.3, 0.4) is 0 Å². The molecule has 0 aliphatic carbocycles. The summed E-state index contributed by atoms with van der Waals surface area (Å²) >= 11 is 0. The zero-order chi connectivity index (χ0) is 18.4. The number of aliphatic hydroxyl groups is 1. The number of carbonyl (C=O) groups excluding carboxylic acids is 1.